The van der Waals surface area contributed by atoms with Crippen LogP contribution in [-0.4, -0.2) is 89.3 Å². The van der Waals surface area contributed by atoms with Crippen molar-refractivity contribution in [2.75, 3.05) is 19.6 Å². The van der Waals surface area contributed by atoms with Crippen molar-refractivity contribution in [3.05, 3.63) is 0 Å². The average Bonchev–Trinajstić information content (AvgIpc) is 3.16. The summed E-state index contributed by atoms with van der Waals surface area (Å²) in [6.45, 7) is 6.12. The quantitative estimate of drug-likeness (QED) is 0.425. The van der Waals surface area contributed by atoms with Crippen LogP contribution in [0.5, 0.6) is 0 Å². The molecule has 3 aliphatic heterocycles. The standard InChI is InChI=1S/C18H28N4O9S/c1-17(2,3)29-16(25)20-7-4-11(9-20)30-19-14(23)12-8-18(5-6-18)13-10-21(12)15(24)22(13)31-32(26,27)28/h11-13H,4-10H2,1-3H3,(H,19,23)(H,26,27,28). The van der Waals surface area contributed by atoms with Gasteiger partial charge in [0.25, 0.3) is 5.91 Å². The van der Waals surface area contributed by atoms with Crippen LogP contribution in [0.2, 0.25) is 0 Å². The van der Waals surface area contributed by atoms with Crippen molar-refractivity contribution in [1.29, 1.82) is 0 Å². The van der Waals surface area contributed by atoms with Crippen molar-refractivity contribution in [3.8, 4) is 0 Å². The monoisotopic (exact) mass is 476 g/mol. The summed E-state index contributed by atoms with van der Waals surface area (Å²) >= 11 is 0. The predicted molar refractivity (Wildman–Crippen MR) is 106 cm³/mol. The van der Waals surface area contributed by atoms with E-state index in [1.807, 2.05) is 0 Å². The van der Waals surface area contributed by atoms with Crippen LogP contribution in [0.4, 0.5) is 9.59 Å². The fourth-order valence-corrected chi connectivity index (χ4v) is 4.95. The highest BCUT2D eigenvalue weighted by molar-refractivity contribution is 7.80. The Morgan fingerprint density at radius 2 is 1.91 bits per heavy atom. The molecule has 4 amide bonds. The molecule has 4 aliphatic rings. The number of hydroxylamine groups is 3. The lowest BCUT2D eigenvalue weighted by atomic mass is 9.85. The van der Waals surface area contributed by atoms with E-state index in [-0.39, 0.29) is 13.1 Å². The van der Waals surface area contributed by atoms with Gasteiger partial charge in [0.1, 0.15) is 17.7 Å². The zero-order chi connectivity index (χ0) is 23.5. The van der Waals surface area contributed by atoms with Gasteiger partial charge in [0, 0.05) is 13.1 Å². The van der Waals surface area contributed by atoms with Crippen LogP contribution in [0.15, 0.2) is 0 Å². The second kappa shape index (κ2) is 7.71. The van der Waals surface area contributed by atoms with E-state index in [9.17, 15) is 22.8 Å². The Morgan fingerprint density at radius 1 is 1.22 bits per heavy atom. The molecule has 0 radical (unpaired) electrons. The second-order valence-electron chi connectivity index (χ2n) is 9.78. The Hall–Kier alpha value is -2.16. The summed E-state index contributed by atoms with van der Waals surface area (Å²) in [5.74, 6) is -0.535. The first-order valence-electron chi connectivity index (χ1n) is 10.5. The van der Waals surface area contributed by atoms with Crippen LogP contribution in [0.25, 0.3) is 0 Å². The summed E-state index contributed by atoms with van der Waals surface area (Å²) in [5.41, 5.74) is 1.35. The number of piperidine rings is 1. The number of nitrogens with one attached hydrogen (secondary N) is 1. The molecule has 3 unspecified atom stereocenters. The topological polar surface area (TPSA) is 155 Å². The number of carbonyl (C=O) groups is 3. The first-order chi connectivity index (χ1) is 14.8. The maximum absolute atomic E-state index is 12.8. The first kappa shape index (κ1) is 23.0. The number of fused-ring (bicyclic) bond motifs is 3. The Bertz CT molecular complexity index is 914. The van der Waals surface area contributed by atoms with Gasteiger partial charge in [-0.05, 0) is 51.9 Å². The highest BCUT2D eigenvalue weighted by Gasteiger charge is 2.65. The molecule has 0 aromatic heterocycles. The average molecular weight is 477 g/mol. The lowest BCUT2D eigenvalue weighted by Crippen LogP contribution is -2.53. The molecule has 180 valence electrons. The first-order valence-corrected chi connectivity index (χ1v) is 11.8. The van der Waals surface area contributed by atoms with Gasteiger partial charge >= 0.3 is 22.5 Å². The van der Waals surface area contributed by atoms with Crippen molar-refractivity contribution >= 4 is 28.4 Å². The number of ether oxygens (including phenoxy) is 1. The number of likely N-dealkylation sites (tertiary alicyclic amines) is 1. The van der Waals surface area contributed by atoms with Gasteiger partial charge in [-0.2, -0.15) is 13.5 Å². The smallest absolute Gasteiger partial charge is 0.418 e. The molecule has 13 nitrogen and oxygen atoms in total. The SMILES string of the molecule is CC(C)(C)OC(=O)N1CCC(ONC(=O)C2CC3(CC3)C3CN2C(=O)N3OS(=O)(=O)O)C1. The number of amides is 4. The lowest BCUT2D eigenvalue weighted by Gasteiger charge is -2.35. The molecular formula is C18H28N4O9S. The molecule has 1 aliphatic carbocycles. The highest BCUT2D eigenvalue weighted by atomic mass is 32.3. The van der Waals surface area contributed by atoms with E-state index in [0.717, 1.165) is 0 Å². The van der Waals surface area contributed by atoms with Crippen LogP contribution in [0.3, 0.4) is 0 Å². The summed E-state index contributed by atoms with van der Waals surface area (Å²) < 4.78 is 41.1. The largest absolute Gasteiger partial charge is 0.444 e. The third kappa shape index (κ3) is 4.63. The molecule has 3 atom stereocenters. The number of hydrogen-bond acceptors (Lipinski definition) is 8. The molecule has 1 spiro atoms. The summed E-state index contributed by atoms with van der Waals surface area (Å²) in [6.07, 6.45) is 1.38. The third-order valence-electron chi connectivity index (χ3n) is 6.26. The van der Waals surface area contributed by atoms with Gasteiger partial charge in [-0.1, -0.05) is 0 Å². The zero-order valence-electron chi connectivity index (χ0n) is 18.1. The molecule has 0 aromatic carbocycles. The second-order valence-corrected chi connectivity index (χ2v) is 10.8. The highest BCUT2D eigenvalue weighted by Crippen LogP contribution is 2.59. The van der Waals surface area contributed by atoms with Gasteiger partial charge in [0.15, 0.2) is 0 Å². The minimum absolute atomic E-state index is 0.113. The van der Waals surface area contributed by atoms with Crippen LogP contribution < -0.4 is 5.48 Å². The predicted octanol–water partition coefficient (Wildman–Crippen LogP) is 0.437. The summed E-state index contributed by atoms with van der Waals surface area (Å²) in [7, 11) is -4.87. The molecule has 32 heavy (non-hydrogen) atoms. The van der Waals surface area contributed by atoms with Gasteiger partial charge in [0.2, 0.25) is 0 Å². The van der Waals surface area contributed by atoms with E-state index in [4.69, 9.17) is 14.1 Å². The summed E-state index contributed by atoms with van der Waals surface area (Å²) in [4.78, 5) is 45.9. The molecule has 1 saturated carbocycles. The van der Waals surface area contributed by atoms with Gasteiger partial charge in [-0.25, -0.2) is 15.1 Å². The Morgan fingerprint density at radius 3 is 2.50 bits per heavy atom. The Balaban J connectivity index is 1.34. The number of nitrogens with zero attached hydrogens (tertiary/aromatic N) is 3. The lowest BCUT2D eigenvalue weighted by molar-refractivity contribution is -0.144. The van der Waals surface area contributed by atoms with Gasteiger partial charge in [-0.3, -0.25) is 14.2 Å². The van der Waals surface area contributed by atoms with Crippen LogP contribution in [0, 0.1) is 5.41 Å². The van der Waals surface area contributed by atoms with Crippen molar-refractivity contribution in [1.82, 2.24) is 20.3 Å². The Kier molecular flexibility index (Phi) is 5.55. The fraction of sp³-hybridized carbons (Fsp3) is 0.833. The van der Waals surface area contributed by atoms with Crippen molar-refractivity contribution in [2.24, 2.45) is 5.41 Å². The van der Waals surface area contributed by atoms with Crippen molar-refractivity contribution in [2.45, 2.75) is 70.2 Å². The van der Waals surface area contributed by atoms with E-state index in [0.29, 0.717) is 37.3 Å². The van der Waals surface area contributed by atoms with Crippen LogP contribution in [-0.2, 0) is 29.1 Å². The Labute approximate surface area is 185 Å². The molecule has 2 N–H and O–H groups in total. The maximum Gasteiger partial charge on any atom is 0.418 e. The number of rotatable bonds is 5. The van der Waals surface area contributed by atoms with Crippen molar-refractivity contribution < 1.29 is 41.2 Å². The fourth-order valence-electron chi connectivity index (χ4n) is 4.58. The minimum Gasteiger partial charge on any atom is -0.444 e. The summed E-state index contributed by atoms with van der Waals surface area (Å²) in [5, 5.41) is 0.659. The molecule has 14 heteroatoms. The third-order valence-corrected chi connectivity index (χ3v) is 6.61. The number of urea groups is 1. The minimum atomic E-state index is -4.87. The van der Waals surface area contributed by atoms with E-state index in [1.54, 1.807) is 20.8 Å². The van der Waals surface area contributed by atoms with Crippen LogP contribution >= 0.6 is 0 Å². The molecule has 2 bridgehead atoms. The van der Waals surface area contributed by atoms with Gasteiger partial charge < -0.3 is 14.5 Å². The normalized spacial score (nSPS) is 28.9. The number of hydrogen-bond donors (Lipinski definition) is 2. The number of carbonyl (C=O) groups excluding carboxylic acids is 3. The van der Waals surface area contributed by atoms with Crippen molar-refractivity contribution in [3.63, 3.8) is 0 Å². The van der Waals surface area contributed by atoms with Crippen LogP contribution in [0.1, 0.15) is 46.5 Å². The van der Waals surface area contributed by atoms with E-state index < -0.39 is 57.6 Å². The molecule has 3 heterocycles. The molecule has 0 aromatic rings. The molecular weight excluding hydrogens is 448 g/mol. The van der Waals surface area contributed by atoms with Gasteiger partial charge in [-0.15, -0.1) is 4.28 Å². The van der Waals surface area contributed by atoms with E-state index in [2.05, 4.69) is 9.76 Å². The molecule has 3 saturated heterocycles. The van der Waals surface area contributed by atoms with Gasteiger partial charge in [0.05, 0.1) is 12.6 Å². The van der Waals surface area contributed by atoms with E-state index >= 15 is 0 Å². The molecule has 4 rings (SSSR count). The summed E-state index contributed by atoms with van der Waals surface area (Å²) in [6, 6.07) is -2.22. The van der Waals surface area contributed by atoms with E-state index in [1.165, 1.54) is 9.80 Å². The zero-order valence-corrected chi connectivity index (χ0v) is 19.0. The molecule has 4 fully saturated rings. The maximum atomic E-state index is 12.8.